The molecule has 5 heterocycles. The van der Waals surface area contributed by atoms with Gasteiger partial charge in [0, 0.05) is 67.0 Å². The van der Waals surface area contributed by atoms with E-state index in [4.69, 9.17) is 0 Å². The lowest BCUT2D eigenvalue weighted by molar-refractivity contribution is -0.167. The standard InChI is InChI=1S/C55H74N10O20S3/c1-4-27(2)48-52(82)57-17-42(72)58-38-25-88(85)54-35(34-12-29(9-10-36(34)60-54)11-31(67)7-5-6-8-32(68)20-64-44(74)23-86-26-87-24-45(75)65(64)21-47(78)79)16-37(50(80)56-18-43(73)61-48)59-53(83)49(28(3)41(71)22-66)62-51(81)39-15-33(69)19-63(39)55(84)30(13-40(38)70)14-46(76)77/h9-10,12,27-28,30,33,37-39,41,48-49,60,66,69,71H,4-8,11,13-26H2,1-3H3,(H,56,80)(H,57,82)(H,58,72)(H,59,83)(H,61,73)(H,62,81)(H,76,77)(H,78,79)/t27-,28?,30-,33+,37+,38-,39-,41?,48-,49-,88?/m0/s1. The monoisotopic (exact) mass is 1290 g/mol. The van der Waals surface area contributed by atoms with Gasteiger partial charge in [-0.15, -0.1) is 23.5 Å². The molecule has 33 heteroatoms. The zero-order chi connectivity index (χ0) is 64.7. The predicted octanol–water partition coefficient (Wildman–Crippen LogP) is -3.60. The number of H-pyrrole nitrogens is 1. The zero-order valence-corrected chi connectivity index (χ0v) is 51.0. The summed E-state index contributed by atoms with van der Waals surface area (Å²) in [5.41, 5.74) is 0.578. The summed E-state index contributed by atoms with van der Waals surface area (Å²) in [5, 5.41) is 68.1. The molecule has 4 aliphatic heterocycles. The number of carbonyl (C=O) groups excluding carboxylic acids is 12. The summed E-state index contributed by atoms with van der Waals surface area (Å²) in [6.45, 7) is 0.0363. The maximum absolute atomic E-state index is 15.1. The highest BCUT2D eigenvalue weighted by Gasteiger charge is 2.45. The number of ketones is 3. The van der Waals surface area contributed by atoms with E-state index in [2.05, 4.69) is 36.9 Å². The van der Waals surface area contributed by atoms with Gasteiger partial charge in [0.25, 0.3) is 11.8 Å². The van der Waals surface area contributed by atoms with Crippen molar-refractivity contribution in [3.05, 3.63) is 29.3 Å². The fourth-order valence-electron chi connectivity index (χ4n) is 10.5. The van der Waals surface area contributed by atoms with Crippen molar-refractivity contribution in [3.8, 4) is 0 Å². The number of thioether (sulfide) groups is 2. The smallest absolute Gasteiger partial charge is 0.325 e. The molecule has 0 spiro atoms. The van der Waals surface area contributed by atoms with Gasteiger partial charge in [-0.25, -0.2) is 10.0 Å². The molecule has 9 amide bonds. The third-order valence-corrected chi connectivity index (χ3v) is 19.2. The molecule has 0 saturated carbocycles. The Morgan fingerprint density at radius 2 is 1.39 bits per heavy atom. The molecule has 2 bridgehead atoms. The van der Waals surface area contributed by atoms with Gasteiger partial charge in [0.1, 0.15) is 48.1 Å². The molecule has 2 fully saturated rings. The van der Waals surface area contributed by atoms with Crippen LogP contribution < -0.4 is 31.9 Å². The number of hydrogen-bond donors (Lipinski definition) is 12. The van der Waals surface area contributed by atoms with Crippen LogP contribution in [-0.2, 0) is 90.8 Å². The van der Waals surface area contributed by atoms with Gasteiger partial charge in [-0.3, -0.25) is 71.3 Å². The van der Waals surface area contributed by atoms with Gasteiger partial charge in [-0.05, 0) is 42.0 Å². The normalized spacial score (nSPS) is 25.5. The van der Waals surface area contributed by atoms with Crippen molar-refractivity contribution in [2.75, 3.05) is 61.7 Å². The number of hydrogen-bond acceptors (Lipinski definition) is 20. The van der Waals surface area contributed by atoms with Crippen LogP contribution >= 0.6 is 23.5 Å². The Morgan fingerprint density at radius 1 is 0.750 bits per heavy atom. The molecular weight excluding hydrogens is 1220 g/mol. The number of rotatable bonds is 18. The van der Waals surface area contributed by atoms with Crippen LogP contribution in [0, 0.1) is 17.8 Å². The molecule has 0 aliphatic carbocycles. The van der Waals surface area contributed by atoms with Crippen molar-refractivity contribution in [3.63, 3.8) is 0 Å². The second-order valence-electron chi connectivity index (χ2n) is 22.1. The van der Waals surface area contributed by atoms with Gasteiger partial charge in [0.2, 0.25) is 41.4 Å². The number of carboxylic acid groups (broad SMARTS) is 2. The molecule has 2 aromatic rings. The number of aliphatic carboxylic acids is 2. The van der Waals surface area contributed by atoms with E-state index in [0.29, 0.717) is 17.1 Å². The van der Waals surface area contributed by atoms with Crippen molar-refractivity contribution in [2.24, 2.45) is 17.8 Å². The average molecular weight is 1290 g/mol. The molecule has 4 aliphatic rings. The number of aromatic amines is 1. The first-order valence-electron chi connectivity index (χ1n) is 28.5. The molecule has 30 nitrogen and oxygen atoms in total. The number of unbranched alkanes of at least 4 members (excludes halogenated alkanes) is 1. The number of benzene rings is 1. The van der Waals surface area contributed by atoms with Crippen LogP contribution in [-0.4, -0.2) is 236 Å². The van der Waals surface area contributed by atoms with E-state index in [9.17, 15) is 92.7 Å². The number of amides is 9. The number of nitrogens with zero attached hydrogens (tertiary/aromatic N) is 3. The minimum Gasteiger partial charge on any atom is -0.481 e. The average Bonchev–Trinajstić information content (AvgIpc) is 1.73. The fraction of sp³-hybridized carbons (Fsp3) is 0.600. The Hall–Kier alpha value is -7.33. The topological polar surface area (TPSA) is 455 Å². The molecule has 6 rings (SSSR count). The number of hydrazine groups is 1. The molecule has 1 aromatic heterocycles. The molecule has 0 radical (unpaired) electrons. The van der Waals surface area contributed by atoms with Crippen molar-refractivity contribution in [2.45, 2.75) is 132 Å². The van der Waals surface area contributed by atoms with Crippen molar-refractivity contribution in [1.82, 2.24) is 51.8 Å². The second-order valence-corrected chi connectivity index (χ2v) is 25.9. The van der Waals surface area contributed by atoms with Crippen LogP contribution in [0.25, 0.3) is 10.9 Å². The number of aliphatic hydroxyl groups is 3. The van der Waals surface area contributed by atoms with Crippen LogP contribution in [0.4, 0.5) is 0 Å². The van der Waals surface area contributed by atoms with Crippen molar-refractivity contribution < 1.29 is 96.9 Å². The minimum atomic E-state index is -2.48. The number of carboxylic acids is 2. The van der Waals surface area contributed by atoms with Gasteiger partial charge < -0.3 is 67.3 Å². The molecular formula is C55H74N10O20S3. The van der Waals surface area contributed by atoms with E-state index in [1.54, 1.807) is 19.9 Å². The largest absolute Gasteiger partial charge is 0.481 e. The SMILES string of the molecule is CC[C@H](C)[C@@H]1NC(=O)CNC(=O)[C@H]2Cc3c([nH]c4ccc(CC(=O)CCCCC(=O)CN5C(=O)CSCSCC(=O)N5CC(=O)O)cc34)S(=O)C[C@H](NC(=O)CNC1=O)C(=O)C[C@@H](CC(=O)O)C(=O)N1C[C@H](O)C[C@H]1C(=O)N[C@@H](C(C)C(O)CO)C(=O)N2. The molecule has 12 N–H and O–H groups in total. The first-order valence-corrected chi connectivity index (χ1v) is 32.1. The lowest BCUT2D eigenvalue weighted by Crippen LogP contribution is -2.61. The molecule has 2 saturated heterocycles. The Balaban J connectivity index is 1.40. The van der Waals surface area contributed by atoms with Crippen LogP contribution in [0.5, 0.6) is 0 Å². The van der Waals surface area contributed by atoms with E-state index in [1.807, 2.05) is 0 Å². The quantitative estimate of drug-likeness (QED) is 0.0642. The second kappa shape index (κ2) is 32.2. The van der Waals surface area contributed by atoms with Gasteiger partial charge in [0.15, 0.2) is 11.6 Å². The molecule has 482 valence electrons. The lowest BCUT2D eigenvalue weighted by Gasteiger charge is -2.32. The summed E-state index contributed by atoms with van der Waals surface area (Å²) in [4.78, 5) is 195. The van der Waals surface area contributed by atoms with E-state index in [1.165, 1.54) is 42.6 Å². The first-order chi connectivity index (χ1) is 41.7. The maximum Gasteiger partial charge on any atom is 0.325 e. The highest BCUT2D eigenvalue weighted by Crippen LogP contribution is 2.31. The van der Waals surface area contributed by atoms with E-state index in [-0.39, 0.29) is 70.9 Å². The zero-order valence-electron chi connectivity index (χ0n) is 48.6. The summed E-state index contributed by atoms with van der Waals surface area (Å²) >= 11 is 2.42. The van der Waals surface area contributed by atoms with Crippen LogP contribution in [0.1, 0.15) is 83.3 Å². The Morgan fingerprint density at radius 3 is 2.02 bits per heavy atom. The fourth-order valence-corrected chi connectivity index (χ4v) is 13.7. The number of aliphatic hydroxyl groups excluding tert-OH is 3. The molecule has 88 heavy (non-hydrogen) atoms. The Labute approximate surface area is 515 Å². The summed E-state index contributed by atoms with van der Waals surface area (Å²) in [6.07, 6.45) is -5.98. The van der Waals surface area contributed by atoms with Crippen LogP contribution in [0.15, 0.2) is 23.2 Å². The third-order valence-electron chi connectivity index (χ3n) is 15.5. The van der Waals surface area contributed by atoms with E-state index < -0.39 is 218 Å². The lowest BCUT2D eigenvalue weighted by atomic mass is 9.93. The highest BCUT2D eigenvalue weighted by molar-refractivity contribution is 8.16. The highest BCUT2D eigenvalue weighted by atomic mass is 32.2. The van der Waals surface area contributed by atoms with Crippen LogP contribution in [0.3, 0.4) is 0 Å². The van der Waals surface area contributed by atoms with Gasteiger partial charge in [-0.2, -0.15) is 0 Å². The molecule has 3 unspecified atom stereocenters. The predicted molar refractivity (Wildman–Crippen MR) is 313 cm³/mol. The Kier molecular flexibility index (Phi) is 25.6. The molecule has 11 atom stereocenters. The van der Waals surface area contributed by atoms with Crippen molar-refractivity contribution in [1.29, 1.82) is 0 Å². The van der Waals surface area contributed by atoms with E-state index in [0.717, 1.165) is 14.9 Å². The summed E-state index contributed by atoms with van der Waals surface area (Å²) in [7, 11) is -2.48. The number of carbonyl (C=O) groups is 14. The minimum absolute atomic E-state index is 0.00329. The number of fused-ring (bicyclic) bond motifs is 5. The van der Waals surface area contributed by atoms with Crippen molar-refractivity contribution >= 4 is 128 Å². The van der Waals surface area contributed by atoms with E-state index >= 15 is 4.21 Å². The summed E-state index contributed by atoms with van der Waals surface area (Å²) in [5.74, 6) is -18.2. The maximum atomic E-state index is 15.1. The first kappa shape index (κ1) is 69.8. The number of aromatic nitrogens is 1. The Bertz CT molecular complexity index is 3070. The summed E-state index contributed by atoms with van der Waals surface area (Å²) < 4.78 is 15.1. The van der Waals surface area contributed by atoms with Crippen LogP contribution in [0.2, 0.25) is 0 Å². The number of Topliss-reactive ketones (excluding diaryl/α,β-unsaturated/α-hetero) is 3. The molecule has 1 aromatic carbocycles. The van der Waals surface area contributed by atoms with Gasteiger partial charge >= 0.3 is 11.9 Å². The number of nitrogens with one attached hydrogen (secondary N) is 7. The van der Waals surface area contributed by atoms with Gasteiger partial charge in [-0.1, -0.05) is 33.3 Å². The summed E-state index contributed by atoms with van der Waals surface area (Å²) in [6, 6.07) is -3.89. The van der Waals surface area contributed by atoms with Gasteiger partial charge in [0.05, 0.1) is 78.3 Å². The third kappa shape index (κ3) is 18.9.